The molecule has 0 bridgehead atoms. The molecule has 0 amide bonds. The molecule has 0 radical (unpaired) electrons. The van der Waals surface area contributed by atoms with Crippen LogP contribution >= 0.6 is 0 Å². The normalized spacial score (nSPS) is 7.69. The molecule has 0 fully saturated rings. The number of hydrogen-bond acceptors (Lipinski definition) is 4. The fraction of sp³-hybridized carbons (Fsp3) is 0.375. The minimum absolute atomic E-state index is 0.145. The fourth-order valence-corrected chi connectivity index (χ4v) is 0.492. The summed E-state index contributed by atoms with van der Waals surface area (Å²) >= 11 is 0. The summed E-state index contributed by atoms with van der Waals surface area (Å²) in [5.41, 5.74) is 0. The number of H-pyrrole nitrogens is 1. The molecule has 5 nitrogen and oxygen atoms in total. The third-order valence-corrected chi connectivity index (χ3v) is 0.935. The molecule has 0 aliphatic carbocycles. The third-order valence-electron chi connectivity index (χ3n) is 0.935. The molecule has 0 saturated carbocycles. The van der Waals surface area contributed by atoms with Crippen LogP contribution in [0.15, 0.2) is 18.7 Å². The van der Waals surface area contributed by atoms with E-state index in [1.54, 1.807) is 31.7 Å². The van der Waals surface area contributed by atoms with Crippen LogP contribution in [0.1, 0.15) is 13.3 Å². The van der Waals surface area contributed by atoms with Gasteiger partial charge in [0, 0.05) is 12.4 Å². The minimum atomic E-state index is -0.449. The van der Waals surface area contributed by atoms with Crippen LogP contribution in [-0.2, 0) is 9.53 Å². The van der Waals surface area contributed by atoms with E-state index in [0.29, 0.717) is 6.61 Å². The number of imidazole rings is 1. The van der Waals surface area contributed by atoms with Gasteiger partial charge in [-0.15, -0.1) is 0 Å². The van der Waals surface area contributed by atoms with Crippen LogP contribution in [0.25, 0.3) is 0 Å². The highest BCUT2D eigenvalue weighted by molar-refractivity contribution is 5.71. The molecule has 1 aromatic heterocycles. The van der Waals surface area contributed by atoms with Gasteiger partial charge in [-0.3, -0.25) is 4.79 Å². The van der Waals surface area contributed by atoms with Crippen LogP contribution in [-0.4, -0.2) is 22.5 Å². The number of nitrogens with zero attached hydrogens (tertiary/aromatic N) is 2. The molecule has 0 atom stereocenters. The third kappa shape index (κ3) is 8.07. The van der Waals surface area contributed by atoms with E-state index in [2.05, 4.69) is 14.7 Å². The zero-order chi connectivity index (χ0) is 9.94. The van der Waals surface area contributed by atoms with Gasteiger partial charge >= 0.3 is 5.97 Å². The number of carbonyl (C=O) groups excluding carboxylic acids is 1. The molecule has 1 rings (SSSR count). The number of aromatic nitrogens is 2. The van der Waals surface area contributed by atoms with Gasteiger partial charge in [-0.25, -0.2) is 4.98 Å². The second kappa shape index (κ2) is 8.27. The number of nitriles is 1. The standard InChI is InChI=1S/C5H7NO2.C3H4N2/c1-2-8-5(7)3-4-6;1-2-5-3-4-1/h2-3H2,1H3;1-3H,(H,4,5). The Labute approximate surface area is 76.4 Å². The highest BCUT2D eigenvalue weighted by Crippen LogP contribution is 1.81. The second-order valence-corrected chi connectivity index (χ2v) is 1.90. The Morgan fingerprint density at radius 1 is 1.77 bits per heavy atom. The van der Waals surface area contributed by atoms with Crippen molar-refractivity contribution in [3.63, 3.8) is 0 Å². The molecular weight excluding hydrogens is 170 g/mol. The van der Waals surface area contributed by atoms with Crippen molar-refractivity contribution in [2.75, 3.05) is 6.61 Å². The molecule has 13 heavy (non-hydrogen) atoms. The molecule has 0 aromatic carbocycles. The average molecular weight is 181 g/mol. The molecule has 5 heteroatoms. The van der Waals surface area contributed by atoms with Crippen LogP contribution in [0.4, 0.5) is 0 Å². The second-order valence-electron chi connectivity index (χ2n) is 1.90. The molecule has 0 saturated heterocycles. The highest BCUT2D eigenvalue weighted by atomic mass is 16.5. The Morgan fingerprint density at radius 2 is 2.54 bits per heavy atom. The van der Waals surface area contributed by atoms with E-state index < -0.39 is 5.97 Å². The van der Waals surface area contributed by atoms with Crippen LogP contribution in [0.5, 0.6) is 0 Å². The molecule has 0 spiro atoms. The average Bonchev–Trinajstić information content (AvgIpc) is 2.61. The quantitative estimate of drug-likeness (QED) is 0.686. The highest BCUT2D eigenvalue weighted by Gasteiger charge is 1.95. The first kappa shape index (κ1) is 11.2. The minimum Gasteiger partial charge on any atom is -0.465 e. The SMILES string of the molecule is CCOC(=O)CC#N.c1c[nH]cn1. The zero-order valence-electron chi connectivity index (χ0n) is 7.36. The lowest BCUT2D eigenvalue weighted by atomic mass is 10.5. The summed E-state index contributed by atoms with van der Waals surface area (Å²) in [6.45, 7) is 2.05. The maximum absolute atomic E-state index is 10.2. The van der Waals surface area contributed by atoms with Crippen LogP contribution < -0.4 is 0 Å². The maximum atomic E-state index is 10.2. The lowest BCUT2D eigenvalue weighted by Gasteiger charge is -1.92. The van der Waals surface area contributed by atoms with Crippen LogP contribution in [0.3, 0.4) is 0 Å². The van der Waals surface area contributed by atoms with Crippen molar-refractivity contribution < 1.29 is 9.53 Å². The molecular formula is C8H11N3O2. The Balaban J connectivity index is 0.000000243. The Kier molecular flexibility index (Phi) is 7.10. The first-order chi connectivity index (χ1) is 6.31. The molecule has 1 N–H and O–H groups in total. The lowest BCUT2D eigenvalue weighted by Crippen LogP contribution is -2.01. The van der Waals surface area contributed by atoms with Crippen LogP contribution in [0, 0.1) is 11.3 Å². The lowest BCUT2D eigenvalue weighted by molar-refractivity contribution is -0.141. The number of ether oxygens (including phenoxy) is 1. The van der Waals surface area contributed by atoms with Crippen molar-refractivity contribution in [2.24, 2.45) is 0 Å². The summed E-state index contributed by atoms with van der Waals surface area (Å²) in [7, 11) is 0. The Hall–Kier alpha value is -1.83. The molecule has 0 unspecified atom stereocenters. The van der Waals surface area contributed by atoms with Crippen molar-refractivity contribution in [1.29, 1.82) is 5.26 Å². The van der Waals surface area contributed by atoms with Gasteiger partial charge in [-0.1, -0.05) is 0 Å². The van der Waals surface area contributed by atoms with Gasteiger partial charge in [0.05, 0.1) is 19.0 Å². The molecule has 1 heterocycles. The maximum Gasteiger partial charge on any atom is 0.320 e. The Morgan fingerprint density at radius 3 is 2.85 bits per heavy atom. The van der Waals surface area contributed by atoms with E-state index in [0.717, 1.165) is 0 Å². The zero-order valence-corrected chi connectivity index (χ0v) is 7.36. The van der Waals surface area contributed by atoms with E-state index >= 15 is 0 Å². The van der Waals surface area contributed by atoms with Gasteiger partial charge in [0.2, 0.25) is 0 Å². The van der Waals surface area contributed by atoms with Gasteiger partial charge in [0.15, 0.2) is 0 Å². The van der Waals surface area contributed by atoms with Crippen molar-refractivity contribution in [3.05, 3.63) is 18.7 Å². The van der Waals surface area contributed by atoms with E-state index in [-0.39, 0.29) is 6.42 Å². The van der Waals surface area contributed by atoms with E-state index in [9.17, 15) is 4.79 Å². The monoisotopic (exact) mass is 181 g/mol. The summed E-state index contributed by atoms with van der Waals surface area (Å²) in [4.78, 5) is 16.6. The van der Waals surface area contributed by atoms with Gasteiger partial charge in [-0.05, 0) is 6.92 Å². The predicted octanol–water partition coefficient (Wildman–Crippen LogP) is 0.873. The van der Waals surface area contributed by atoms with Gasteiger partial charge in [-0.2, -0.15) is 5.26 Å². The van der Waals surface area contributed by atoms with Crippen molar-refractivity contribution in [3.8, 4) is 6.07 Å². The Bertz CT molecular complexity index is 234. The van der Waals surface area contributed by atoms with Crippen molar-refractivity contribution in [2.45, 2.75) is 13.3 Å². The molecule has 0 aliphatic heterocycles. The predicted molar refractivity (Wildman–Crippen MR) is 45.5 cm³/mol. The fourth-order valence-electron chi connectivity index (χ4n) is 0.492. The van der Waals surface area contributed by atoms with Crippen LogP contribution in [0.2, 0.25) is 0 Å². The molecule has 1 aromatic rings. The largest absolute Gasteiger partial charge is 0.465 e. The molecule has 0 aliphatic rings. The van der Waals surface area contributed by atoms with E-state index in [1.807, 2.05) is 0 Å². The number of carbonyl (C=O) groups is 1. The first-order valence-electron chi connectivity index (χ1n) is 3.76. The topological polar surface area (TPSA) is 78.8 Å². The van der Waals surface area contributed by atoms with E-state index in [4.69, 9.17) is 5.26 Å². The van der Waals surface area contributed by atoms with Gasteiger partial charge in [0.25, 0.3) is 0 Å². The first-order valence-corrected chi connectivity index (χ1v) is 3.76. The number of aromatic amines is 1. The summed E-state index contributed by atoms with van der Waals surface area (Å²) in [6.07, 6.45) is 4.94. The summed E-state index contributed by atoms with van der Waals surface area (Å²) in [5.74, 6) is -0.449. The molecule has 70 valence electrons. The van der Waals surface area contributed by atoms with E-state index in [1.165, 1.54) is 0 Å². The number of esters is 1. The van der Waals surface area contributed by atoms with Crippen molar-refractivity contribution in [1.82, 2.24) is 9.97 Å². The number of hydrogen-bond donors (Lipinski definition) is 1. The van der Waals surface area contributed by atoms with Gasteiger partial charge in [0.1, 0.15) is 6.42 Å². The summed E-state index contributed by atoms with van der Waals surface area (Å²) in [5, 5.41) is 7.91. The summed E-state index contributed by atoms with van der Waals surface area (Å²) < 4.78 is 4.42. The smallest absolute Gasteiger partial charge is 0.320 e. The van der Waals surface area contributed by atoms with Gasteiger partial charge < -0.3 is 9.72 Å². The number of rotatable bonds is 2. The summed E-state index contributed by atoms with van der Waals surface area (Å²) in [6, 6.07) is 1.68. The van der Waals surface area contributed by atoms with Crippen molar-refractivity contribution >= 4 is 5.97 Å². The number of nitrogens with one attached hydrogen (secondary N) is 1.